The lowest BCUT2D eigenvalue weighted by atomic mass is 10.0. The second-order valence-corrected chi connectivity index (χ2v) is 7.69. The summed E-state index contributed by atoms with van der Waals surface area (Å²) in [7, 11) is -3.60. The summed E-state index contributed by atoms with van der Waals surface area (Å²) < 4.78 is 27.0. The maximum absolute atomic E-state index is 12.2. The lowest BCUT2D eigenvalue weighted by molar-refractivity contribution is 0.179. The lowest BCUT2D eigenvalue weighted by Gasteiger charge is -2.13. The van der Waals surface area contributed by atoms with Crippen molar-refractivity contribution in [2.45, 2.75) is 37.2 Å². The van der Waals surface area contributed by atoms with Crippen molar-refractivity contribution in [2.24, 2.45) is 0 Å². The summed E-state index contributed by atoms with van der Waals surface area (Å²) in [6.07, 6.45) is -0.350. The number of hydrogen-bond acceptors (Lipinski definition) is 3. The molecule has 0 heterocycles. The van der Waals surface area contributed by atoms with Crippen LogP contribution in [0.15, 0.2) is 59.5 Å². The molecule has 2 rings (SSSR count). The highest BCUT2D eigenvalue weighted by Crippen LogP contribution is 2.17. The highest BCUT2D eigenvalue weighted by atomic mass is 32.2. The van der Waals surface area contributed by atoms with Gasteiger partial charge < -0.3 is 5.11 Å². The van der Waals surface area contributed by atoms with Gasteiger partial charge in [0.1, 0.15) is 0 Å². The van der Waals surface area contributed by atoms with Crippen LogP contribution in [0.1, 0.15) is 30.9 Å². The standard InChI is InChI=1S/C18H23NO3S/c1-14(2)16-8-10-18(11-9-16)23(21,22)19-13-17(20)12-15-6-4-3-5-7-15/h3-11,14,17,19-20H,12-13H2,1-2H3. The van der Waals surface area contributed by atoms with Crippen LogP contribution in [0, 0.1) is 0 Å². The van der Waals surface area contributed by atoms with Gasteiger partial charge in [-0.25, -0.2) is 13.1 Å². The molecule has 23 heavy (non-hydrogen) atoms. The van der Waals surface area contributed by atoms with Crippen LogP contribution in [0.3, 0.4) is 0 Å². The quantitative estimate of drug-likeness (QED) is 0.819. The molecule has 0 saturated carbocycles. The van der Waals surface area contributed by atoms with Gasteiger partial charge in [0.2, 0.25) is 10.0 Å². The van der Waals surface area contributed by atoms with E-state index in [9.17, 15) is 13.5 Å². The largest absolute Gasteiger partial charge is 0.391 e. The predicted molar refractivity (Wildman–Crippen MR) is 91.9 cm³/mol. The Balaban J connectivity index is 1.95. The van der Waals surface area contributed by atoms with Crippen LogP contribution in [0.4, 0.5) is 0 Å². The topological polar surface area (TPSA) is 66.4 Å². The van der Waals surface area contributed by atoms with E-state index in [1.807, 2.05) is 42.5 Å². The van der Waals surface area contributed by atoms with E-state index in [1.54, 1.807) is 12.1 Å². The van der Waals surface area contributed by atoms with Crippen molar-refractivity contribution in [2.75, 3.05) is 6.54 Å². The number of nitrogens with one attached hydrogen (secondary N) is 1. The summed E-state index contributed by atoms with van der Waals surface area (Å²) in [4.78, 5) is 0.216. The van der Waals surface area contributed by atoms with E-state index in [-0.39, 0.29) is 11.4 Å². The molecule has 2 aromatic rings. The van der Waals surface area contributed by atoms with E-state index >= 15 is 0 Å². The van der Waals surface area contributed by atoms with Crippen LogP contribution < -0.4 is 4.72 Å². The maximum Gasteiger partial charge on any atom is 0.240 e. The van der Waals surface area contributed by atoms with Gasteiger partial charge in [-0.1, -0.05) is 56.3 Å². The van der Waals surface area contributed by atoms with Crippen molar-refractivity contribution in [1.82, 2.24) is 4.72 Å². The van der Waals surface area contributed by atoms with E-state index in [2.05, 4.69) is 18.6 Å². The van der Waals surface area contributed by atoms with E-state index in [4.69, 9.17) is 0 Å². The summed E-state index contributed by atoms with van der Waals surface area (Å²) in [5.74, 6) is 0.354. The van der Waals surface area contributed by atoms with E-state index in [0.29, 0.717) is 12.3 Å². The maximum atomic E-state index is 12.2. The van der Waals surface area contributed by atoms with Crippen LogP contribution in [-0.2, 0) is 16.4 Å². The Labute approximate surface area is 138 Å². The van der Waals surface area contributed by atoms with Gasteiger partial charge in [-0.15, -0.1) is 0 Å². The van der Waals surface area contributed by atoms with Crippen molar-refractivity contribution in [1.29, 1.82) is 0 Å². The molecule has 0 aliphatic carbocycles. The summed E-state index contributed by atoms with van der Waals surface area (Å²) in [6, 6.07) is 16.3. The van der Waals surface area contributed by atoms with Gasteiger partial charge in [-0.05, 0) is 35.6 Å². The molecule has 0 spiro atoms. The summed E-state index contributed by atoms with van der Waals surface area (Å²) >= 11 is 0. The Hall–Kier alpha value is -1.69. The Morgan fingerprint density at radius 1 is 1.00 bits per heavy atom. The second-order valence-electron chi connectivity index (χ2n) is 5.92. The van der Waals surface area contributed by atoms with Crippen molar-refractivity contribution >= 4 is 10.0 Å². The number of hydrogen-bond donors (Lipinski definition) is 2. The number of aliphatic hydroxyl groups is 1. The van der Waals surface area contributed by atoms with E-state index < -0.39 is 16.1 Å². The number of benzene rings is 2. The molecule has 0 aromatic heterocycles. The first kappa shape index (κ1) is 17.7. The van der Waals surface area contributed by atoms with Gasteiger partial charge in [0.15, 0.2) is 0 Å². The molecule has 1 atom stereocenters. The minimum Gasteiger partial charge on any atom is -0.391 e. The van der Waals surface area contributed by atoms with Crippen molar-refractivity contribution in [3.63, 3.8) is 0 Å². The van der Waals surface area contributed by atoms with Gasteiger partial charge in [-0.3, -0.25) is 0 Å². The Kier molecular flexibility index (Phi) is 5.93. The van der Waals surface area contributed by atoms with Crippen LogP contribution in [0.25, 0.3) is 0 Å². The normalized spacial score (nSPS) is 13.2. The molecule has 0 radical (unpaired) electrons. The number of rotatable bonds is 7. The zero-order chi connectivity index (χ0) is 16.9. The van der Waals surface area contributed by atoms with Gasteiger partial charge in [-0.2, -0.15) is 0 Å². The van der Waals surface area contributed by atoms with E-state index in [1.165, 1.54) is 0 Å². The molecular weight excluding hydrogens is 310 g/mol. The lowest BCUT2D eigenvalue weighted by Crippen LogP contribution is -2.33. The Morgan fingerprint density at radius 3 is 2.17 bits per heavy atom. The molecular formula is C18H23NO3S. The highest BCUT2D eigenvalue weighted by molar-refractivity contribution is 7.89. The van der Waals surface area contributed by atoms with Crippen LogP contribution in [-0.4, -0.2) is 26.2 Å². The molecule has 5 heteroatoms. The summed E-state index contributed by atoms with van der Waals surface area (Å²) in [6.45, 7) is 4.10. The van der Waals surface area contributed by atoms with Crippen LogP contribution in [0.2, 0.25) is 0 Å². The molecule has 0 amide bonds. The third kappa shape index (κ3) is 5.16. The zero-order valence-corrected chi connectivity index (χ0v) is 14.3. The minimum atomic E-state index is -3.60. The average Bonchev–Trinajstić information content (AvgIpc) is 2.54. The molecule has 2 aromatic carbocycles. The first-order valence-corrected chi connectivity index (χ1v) is 9.18. The molecule has 0 aliphatic rings. The van der Waals surface area contributed by atoms with Gasteiger partial charge in [0.05, 0.1) is 11.0 Å². The van der Waals surface area contributed by atoms with Gasteiger partial charge >= 0.3 is 0 Å². The third-order valence-corrected chi connectivity index (χ3v) is 5.12. The summed E-state index contributed by atoms with van der Waals surface area (Å²) in [5.41, 5.74) is 2.06. The molecule has 0 fully saturated rings. The second kappa shape index (κ2) is 7.73. The van der Waals surface area contributed by atoms with Gasteiger partial charge in [0, 0.05) is 6.54 Å². The number of aliphatic hydroxyl groups excluding tert-OH is 1. The van der Waals surface area contributed by atoms with Crippen molar-refractivity contribution in [3.8, 4) is 0 Å². The molecule has 1 unspecified atom stereocenters. The molecule has 2 N–H and O–H groups in total. The first-order valence-electron chi connectivity index (χ1n) is 7.70. The Bertz CT molecular complexity index is 710. The van der Waals surface area contributed by atoms with Crippen molar-refractivity contribution < 1.29 is 13.5 Å². The van der Waals surface area contributed by atoms with Crippen LogP contribution >= 0.6 is 0 Å². The van der Waals surface area contributed by atoms with E-state index in [0.717, 1.165) is 11.1 Å². The zero-order valence-electron chi connectivity index (χ0n) is 13.4. The monoisotopic (exact) mass is 333 g/mol. The third-order valence-electron chi connectivity index (χ3n) is 3.68. The SMILES string of the molecule is CC(C)c1ccc(S(=O)(=O)NCC(O)Cc2ccccc2)cc1. The summed E-state index contributed by atoms with van der Waals surface area (Å²) in [5, 5.41) is 10.0. The minimum absolute atomic E-state index is 0.0108. The van der Waals surface area contributed by atoms with Crippen molar-refractivity contribution in [3.05, 3.63) is 65.7 Å². The number of sulfonamides is 1. The predicted octanol–water partition coefficient (Wildman–Crippen LogP) is 2.69. The highest BCUT2D eigenvalue weighted by Gasteiger charge is 2.16. The molecule has 0 bridgehead atoms. The molecule has 124 valence electrons. The Morgan fingerprint density at radius 2 is 1.61 bits per heavy atom. The fourth-order valence-electron chi connectivity index (χ4n) is 2.28. The fourth-order valence-corrected chi connectivity index (χ4v) is 3.35. The molecule has 0 aliphatic heterocycles. The molecule has 4 nitrogen and oxygen atoms in total. The fraction of sp³-hybridized carbons (Fsp3) is 0.333. The van der Waals surface area contributed by atoms with Crippen LogP contribution in [0.5, 0.6) is 0 Å². The van der Waals surface area contributed by atoms with Gasteiger partial charge in [0.25, 0.3) is 0 Å². The average molecular weight is 333 g/mol. The smallest absolute Gasteiger partial charge is 0.240 e. The molecule has 0 saturated heterocycles. The first-order chi connectivity index (χ1) is 10.9.